The molecule has 2 unspecified atom stereocenters. The van der Waals surface area contributed by atoms with Gasteiger partial charge in [-0.15, -0.1) is 11.3 Å². The SMILES string of the molecule is Cc1nn(Cc2ccccc2Cl)c2sc(C(=O)N3CCCC4CCCCC43)cc12. The molecule has 29 heavy (non-hydrogen) atoms. The van der Waals surface area contributed by atoms with Crippen molar-refractivity contribution in [3.05, 3.63) is 51.5 Å². The minimum absolute atomic E-state index is 0.214. The molecule has 2 atom stereocenters. The third kappa shape index (κ3) is 3.49. The van der Waals surface area contributed by atoms with Gasteiger partial charge in [0.2, 0.25) is 0 Å². The van der Waals surface area contributed by atoms with E-state index in [1.807, 2.05) is 35.9 Å². The minimum atomic E-state index is 0.214. The number of benzene rings is 1. The molecule has 4 nitrogen and oxygen atoms in total. The van der Waals surface area contributed by atoms with E-state index in [0.29, 0.717) is 18.5 Å². The van der Waals surface area contributed by atoms with Crippen LogP contribution in [0.4, 0.5) is 0 Å². The Kier molecular flexibility index (Phi) is 5.12. The number of hydrogen-bond acceptors (Lipinski definition) is 3. The van der Waals surface area contributed by atoms with Gasteiger partial charge in [0.15, 0.2) is 0 Å². The van der Waals surface area contributed by atoms with Crippen molar-refractivity contribution in [2.75, 3.05) is 6.54 Å². The highest BCUT2D eigenvalue weighted by Gasteiger charge is 2.36. The first-order valence-corrected chi connectivity index (χ1v) is 11.8. The molecule has 6 heteroatoms. The van der Waals surface area contributed by atoms with Gasteiger partial charge in [0.1, 0.15) is 4.83 Å². The number of aromatic nitrogens is 2. The molecule has 2 aliphatic rings. The van der Waals surface area contributed by atoms with Crippen LogP contribution in [0.1, 0.15) is 59.5 Å². The van der Waals surface area contributed by atoms with Gasteiger partial charge in [-0.25, -0.2) is 0 Å². The predicted molar refractivity (Wildman–Crippen MR) is 119 cm³/mol. The molecule has 2 fully saturated rings. The summed E-state index contributed by atoms with van der Waals surface area (Å²) in [5.74, 6) is 0.916. The maximum Gasteiger partial charge on any atom is 0.264 e. The zero-order valence-electron chi connectivity index (χ0n) is 16.7. The summed E-state index contributed by atoms with van der Waals surface area (Å²) in [5.41, 5.74) is 2.01. The maximum atomic E-state index is 13.4. The topological polar surface area (TPSA) is 38.1 Å². The summed E-state index contributed by atoms with van der Waals surface area (Å²) in [6.07, 6.45) is 7.45. The van der Waals surface area contributed by atoms with Crippen LogP contribution in [0, 0.1) is 12.8 Å². The number of fused-ring (bicyclic) bond motifs is 2. The number of amides is 1. The second-order valence-electron chi connectivity index (χ2n) is 8.42. The summed E-state index contributed by atoms with van der Waals surface area (Å²) < 4.78 is 1.99. The van der Waals surface area contributed by atoms with Crippen LogP contribution in [0.3, 0.4) is 0 Å². The normalized spacial score (nSPS) is 22.1. The van der Waals surface area contributed by atoms with Gasteiger partial charge in [-0.2, -0.15) is 5.10 Å². The molecule has 0 N–H and O–H groups in total. The van der Waals surface area contributed by atoms with Gasteiger partial charge in [0, 0.05) is 23.0 Å². The summed E-state index contributed by atoms with van der Waals surface area (Å²) in [6, 6.07) is 10.4. The molecule has 1 aliphatic heterocycles. The minimum Gasteiger partial charge on any atom is -0.335 e. The molecule has 2 aromatic heterocycles. The van der Waals surface area contributed by atoms with E-state index in [0.717, 1.165) is 44.3 Å². The third-order valence-corrected chi connectivity index (χ3v) is 8.11. The Balaban J connectivity index is 1.45. The van der Waals surface area contributed by atoms with Crippen LogP contribution in [-0.4, -0.2) is 33.2 Å². The monoisotopic (exact) mass is 427 g/mol. The molecule has 0 bridgehead atoms. The second-order valence-corrected chi connectivity index (χ2v) is 9.85. The lowest BCUT2D eigenvalue weighted by molar-refractivity contribution is 0.0395. The lowest BCUT2D eigenvalue weighted by atomic mass is 9.78. The van der Waals surface area contributed by atoms with Crippen LogP contribution in [0.2, 0.25) is 5.02 Å². The average molecular weight is 428 g/mol. The van der Waals surface area contributed by atoms with Gasteiger partial charge in [-0.3, -0.25) is 9.48 Å². The number of thiophene rings is 1. The van der Waals surface area contributed by atoms with E-state index < -0.39 is 0 Å². The first kappa shape index (κ1) is 19.1. The van der Waals surface area contributed by atoms with Gasteiger partial charge in [-0.05, 0) is 56.2 Å². The van der Waals surface area contributed by atoms with Crippen LogP contribution in [0.5, 0.6) is 0 Å². The number of hydrogen-bond donors (Lipinski definition) is 0. The zero-order valence-corrected chi connectivity index (χ0v) is 18.3. The molecule has 1 saturated carbocycles. The fraction of sp³-hybridized carbons (Fsp3) is 0.478. The molecule has 3 aromatic rings. The number of carbonyl (C=O) groups is 1. The summed E-state index contributed by atoms with van der Waals surface area (Å²) in [7, 11) is 0. The third-order valence-electron chi connectivity index (χ3n) is 6.60. The molecule has 1 amide bonds. The second kappa shape index (κ2) is 7.77. The number of piperidine rings is 1. The molecule has 1 aliphatic carbocycles. The summed E-state index contributed by atoms with van der Waals surface area (Å²) in [5, 5.41) is 6.54. The zero-order chi connectivity index (χ0) is 20.0. The van der Waals surface area contributed by atoms with Crippen molar-refractivity contribution in [1.29, 1.82) is 0 Å². The number of halogens is 1. The predicted octanol–water partition coefficient (Wildman–Crippen LogP) is 5.90. The van der Waals surface area contributed by atoms with E-state index in [-0.39, 0.29) is 5.91 Å². The first-order valence-electron chi connectivity index (χ1n) is 10.6. The van der Waals surface area contributed by atoms with Gasteiger partial charge >= 0.3 is 0 Å². The highest BCUT2D eigenvalue weighted by Crippen LogP contribution is 2.37. The Morgan fingerprint density at radius 1 is 1.21 bits per heavy atom. The largest absolute Gasteiger partial charge is 0.335 e. The Bertz CT molecular complexity index is 1050. The lowest BCUT2D eigenvalue weighted by Gasteiger charge is -2.44. The van der Waals surface area contributed by atoms with E-state index in [4.69, 9.17) is 16.7 Å². The van der Waals surface area contributed by atoms with Crippen LogP contribution in [-0.2, 0) is 6.54 Å². The smallest absolute Gasteiger partial charge is 0.264 e. The van der Waals surface area contributed by atoms with Crippen molar-refractivity contribution in [3.8, 4) is 0 Å². The van der Waals surface area contributed by atoms with Crippen molar-refractivity contribution in [2.24, 2.45) is 5.92 Å². The van der Waals surface area contributed by atoms with Crippen molar-refractivity contribution >= 4 is 39.1 Å². The Hall–Kier alpha value is -1.85. The number of aryl methyl sites for hydroxylation is 1. The fourth-order valence-corrected chi connectivity index (χ4v) is 6.44. The molecule has 152 valence electrons. The van der Waals surface area contributed by atoms with E-state index in [1.165, 1.54) is 32.1 Å². The summed E-state index contributed by atoms with van der Waals surface area (Å²) in [4.78, 5) is 17.5. The average Bonchev–Trinajstić information content (AvgIpc) is 3.30. The van der Waals surface area contributed by atoms with E-state index >= 15 is 0 Å². The fourth-order valence-electron chi connectivity index (χ4n) is 5.13. The van der Waals surface area contributed by atoms with Crippen LogP contribution in [0.15, 0.2) is 30.3 Å². The molecule has 3 heterocycles. The number of carbonyl (C=O) groups excluding carboxylic acids is 1. The van der Waals surface area contributed by atoms with E-state index in [2.05, 4.69) is 11.0 Å². The Morgan fingerprint density at radius 3 is 2.86 bits per heavy atom. The highest BCUT2D eigenvalue weighted by molar-refractivity contribution is 7.20. The van der Waals surface area contributed by atoms with Crippen molar-refractivity contribution < 1.29 is 4.79 Å². The van der Waals surface area contributed by atoms with Crippen LogP contribution in [0.25, 0.3) is 10.2 Å². The van der Waals surface area contributed by atoms with Crippen LogP contribution >= 0.6 is 22.9 Å². The van der Waals surface area contributed by atoms with Gasteiger partial charge in [0.25, 0.3) is 5.91 Å². The lowest BCUT2D eigenvalue weighted by Crippen LogP contribution is -2.49. The van der Waals surface area contributed by atoms with Crippen molar-refractivity contribution in [2.45, 2.75) is 58.0 Å². The molecule has 1 aromatic carbocycles. The Labute approximate surface area is 180 Å². The molecular formula is C23H26ClN3OS. The number of nitrogens with zero attached hydrogens (tertiary/aromatic N) is 3. The summed E-state index contributed by atoms with van der Waals surface area (Å²) >= 11 is 7.93. The van der Waals surface area contributed by atoms with Crippen LogP contribution < -0.4 is 0 Å². The quantitative estimate of drug-likeness (QED) is 0.521. The van der Waals surface area contributed by atoms with Crippen molar-refractivity contribution in [3.63, 3.8) is 0 Å². The maximum absolute atomic E-state index is 13.4. The number of rotatable bonds is 3. The molecule has 1 saturated heterocycles. The molecule has 5 rings (SSSR count). The summed E-state index contributed by atoms with van der Waals surface area (Å²) in [6.45, 7) is 3.54. The Morgan fingerprint density at radius 2 is 2.00 bits per heavy atom. The first-order chi connectivity index (χ1) is 14.1. The van der Waals surface area contributed by atoms with Gasteiger partial charge in [0.05, 0.1) is 17.1 Å². The van der Waals surface area contributed by atoms with Gasteiger partial charge in [-0.1, -0.05) is 42.6 Å². The van der Waals surface area contributed by atoms with Crippen molar-refractivity contribution in [1.82, 2.24) is 14.7 Å². The highest BCUT2D eigenvalue weighted by atomic mass is 35.5. The molecule has 0 radical (unpaired) electrons. The molecule has 0 spiro atoms. The molecular weight excluding hydrogens is 402 g/mol. The number of likely N-dealkylation sites (tertiary alicyclic amines) is 1. The van der Waals surface area contributed by atoms with Gasteiger partial charge < -0.3 is 4.90 Å². The van der Waals surface area contributed by atoms with E-state index in [1.54, 1.807) is 11.3 Å². The van der Waals surface area contributed by atoms with E-state index in [9.17, 15) is 4.79 Å². The standard InChI is InChI=1S/C23H26ClN3OS/c1-15-18-13-21(22(28)26-12-6-9-16-7-3-5-11-20(16)26)29-23(18)27(25-15)14-17-8-2-4-10-19(17)24/h2,4,8,10,13,16,20H,3,5-7,9,11-12,14H2,1H3.